The van der Waals surface area contributed by atoms with Crippen LogP contribution in [0.3, 0.4) is 0 Å². The van der Waals surface area contributed by atoms with E-state index in [1.807, 2.05) is 50.4 Å². The fourth-order valence-electron chi connectivity index (χ4n) is 3.59. The van der Waals surface area contributed by atoms with Crippen LogP contribution in [0.4, 0.5) is 4.79 Å². The molecule has 0 N–H and O–H groups in total. The van der Waals surface area contributed by atoms with E-state index in [9.17, 15) is 9.59 Å². The zero-order valence-electron chi connectivity index (χ0n) is 17.6. The molecule has 154 valence electrons. The zero-order chi connectivity index (χ0) is 20.6. The van der Waals surface area contributed by atoms with Crippen molar-refractivity contribution in [1.82, 2.24) is 19.6 Å². The van der Waals surface area contributed by atoms with E-state index in [1.54, 1.807) is 11.9 Å². The Kier molecular flexibility index (Phi) is 5.70. The third-order valence-corrected chi connectivity index (χ3v) is 6.24. The van der Waals surface area contributed by atoms with Gasteiger partial charge in [0.05, 0.1) is 10.6 Å². The van der Waals surface area contributed by atoms with Gasteiger partial charge in [0.2, 0.25) is 0 Å². The predicted molar refractivity (Wildman–Crippen MR) is 111 cm³/mol. The van der Waals surface area contributed by atoms with E-state index in [0.29, 0.717) is 12.5 Å². The molecule has 0 atom stereocenters. The molecular weight excluding hydrogens is 376 g/mol. The molecular formula is C20H30N4O3S. The van der Waals surface area contributed by atoms with Gasteiger partial charge < -0.3 is 14.5 Å². The Morgan fingerprint density at radius 2 is 1.96 bits per heavy atom. The number of likely N-dealkylation sites (tertiary alicyclic amines) is 1. The van der Waals surface area contributed by atoms with Gasteiger partial charge >= 0.3 is 6.09 Å². The highest BCUT2D eigenvalue weighted by atomic mass is 32.1. The Morgan fingerprint density at radius 1 is 1.32 bits per heavy atom. The van der Waals surface area contributed by atoms with Gasteiger partial charge in [-0.25, -0.2) is 4.79 Å². The summed E-state index contributed by atoms with van der Waals surface area (Å²) in [5, 5.41) is 5.46. The van der Waals surface area contributed by atoms with E-state index in [1.165, 1.54) is 11.3 Å². The van der Waals surface area contributed by atoms with Crippen LogP contribution in [0.1, 0.15) is 49.0 Å². The summed E-state index contributed by atoms with van der Waals surface area (Å²) in [7, 11) is 3.69. The minimum absolute atomic E-state index is 0.0968. The van der Waals surface area contributed by atoms with Gasteiger partial charge in [0, 0.05) is 39.1 Å². The zero-order valence-corrected chi connectivity index (χ0v) is 18.4. The first-order valence-corrected chi connectivity index (χ1v) is 10.5. The van der Waals surface area contributed by atoms with E-state index in [-0.39, 0.29) is 12.0 Å². The van der Waals surface area contributed by atoms with Gasteiger partial charge in [0.1, 0.15) is 10.4 Å². The van der Waals surface area contributed by atoms with Gasteiger partial charge in [-0.1, -0.05) is 0 Å². The molecule has 7 nitrogen and oxygen atoms in total. The van der Waals surface area contributed by atoms with Crippen molar-refractivity contribution >= 4 is 33.6 Å². The van der Waals surface area contributed by atoms with Crippen LogP contribution in [-0.2, 0) is 11.8 Å². The Morgan fingerprint density at radius 3 is 2.54 bits per heavy atom. The van der Waals surface area contributed by atoms with E-state index in [2.05, 4.69) is 5.10 Å². The van der Waals surface area contributed by atoms with Gasteiger partial charge in [-0.2, -0.15) is 5.10 Å². The number of hydrogen-bond donors (Lipinski definition) is 0. The van der Waals surface area contributed by atoms with Crippen LogP contribution >= 0.6 is 11.3 Å². The Labute approximate surface area is 170 Å². The van der Waals surface area contributed by atoms with E-state index in [4.69, 9.17) is 4.74 Å². The monoisotopic (exact) mass is 406 g/mol. The molecule has 1 saturated heterocycles. The average Bonchev–Trinajstić information content (AvgIpc) is 3.15. The van der Waals surface area contributed by atoms with Gasteiger partial charge in [-0.3, -0.25) is 9.48 Å². The fourth-order valence-corrected chi connectivity index (χ4v) is 4.68. The number of amides is 2. The summed E-state index contributed by atoms with van der Waals surface area (Å²) in [4.78, 5) is 30.4. The number of hydrogen-bond acceptors (Lipinski definition) is 5. The van der Waals surface area contributed by atoms with Crippen LogP contribution in [0.15, 0.2) is 6.07 Å². The third kappa shape index (κ3) is 4.48. The number of ether oxygens (including phenoxy) is 1. The summed E-state index contributed by atoms with van der Waals surface area (Å²) in [6.07, 6.45) is 1.49. The molecule has 0 saturated carbocycles. The van der Waals surface area contributed by atoms with Crippen LogP contribution in [-0.4, -0.2) is 63.9 Å². The number of nitrogens with zero attached hydrogens (tertiary/aromatic N) is 4. The summed E-state index contributed by atoms with van der Waals surface area (Å²) in [5.74, 6) is 0.481. The summed E-state index contributed by atoms with van der Waals surface area (Å²) >= 11 is 1.51. The lowest BCUT2D eigenvalue weighted by Crippen LogP contribution is -2.42. The standard InChI is InChI=1S/C20H30N4O3S/c1-13-15-11-16(28-18(15)23(6)21-13)17(25)24-9-7-14(8-10-24)12-22(5)19(26)27-20(2,3)4/h11,14H,7-10,12H2,1-6H3. The third-order valence-electron chi connectivity index (χ3n) is 5.05. The predicted octanol–water partition coefficient (Wildman–Crippen LogP) is 3.66. The summed E-state index contributed by atoms with van der Waals surface area (Å²) in [5.41, 5.74) is 0.468. The average molecular weight is 407 g/mol. The largest absolute Gasteiger partial charge is 0.444 e. The molecule has 0 radical (unpaired) electrons. The highest BCUT2D eigenvalue weighted by molar-refractivity contribution is 7.20. The first-order chi connectivity index (χ1) is 13.0. The molecule has 1 fully saturated rings. The topological polar surface area (TPSA) is 67.7 Å². The quantitative estimate of drug-likeness (QED) is 0.780. The van der Waals surface area contributed by atoms with Crippen molar-refractivity contribution < 1.29 is 14.3 Å². The molecule has 3 heterocycles. The number of carbonyl (C=O) groups excluding carboxylic acids is 2. The first kappa shape index (κ1) is 20.6. The van der Waals surface area contributed by atoms with Crippen LogP contribution in [0.5, 0.6) is 0 Å². The molecule has 2 aromatic heterocycles. The van der Waals surface area contributed by atoms with E-state index >= 15 is 0 Å². The number of aryl methyl sites for hydroxylation is 2. The fraction of sp³-hybridized carbons (Fsp3) is 0.650. The van der Waals surface area contributed by atoms with Gasteiger partial charge in [0.15, 0.2) is 0 Å². The van der Waals surface area contributed by atoms with Gasteiger partial charge in [0.25, 0.3) is 5.91 Å². The normalized spacial score (nSPS) is 15.9. The van der Waals surface area contributed by atoms with E-state index < -0.39 is 5.60 Å². The lowest BCUT2D eigenvalue weighted by molar-refractivity contribution is 0.0246. The number of rotatable bonds is 3. The van der Waals surface area contributed by atoms with Crippen molar-refractivity contribution in [2.75, 3.05) is 26.7 Å². The minimum Gasteiger partial charge on any atom is -0.444 e. The summed E-state index contributed by atoms with van der Waals surface area (Å²) in [6, 6.07) is 1.97. The first-order valence-electron chi connectivity index (χ1n) is 9.71. The molecule has 0 aromatic carbocycles. The Hall–Kier alpha value is -2.09. The number of thiophene rings is 1. The molecule has 28 heavy (non-hydrogen) atoms. The number of aromatic nitrogens is 2. The summed E-state index contributed by atoms with van der Waals surface area (Å²) < 4.78 is 7.25. The lowest BCUT2D eigenvalue weighted by atomic mass is 9.96. The number of fused-ring (bicyclic) bond motifs is 1. The van der Waals surface area contributed by atoms with Crippen molar-refractivity contribution in [3.8, 4) is 0 Å². The number of carbonyl (C=O) groups is 2. The summed E-state index contributed by atoms with van der Waals surface area (Å²) in [6.45, 7) is 9.67. The molecule has 0 unspecified atom stereocenters. The second kappa shape index (κ2) is 7.73. The van der Waals surface area contributed by atoms with Crippen LogP contribution in [0.2, 0.25) is 0 Å². The lowest BCUT2D eigenvalue weighted by Gasteiger charge is -2.34. The second-order valence-corrected chi connectivity index (χ2v) is 9.67. The second-order valence-electron chi connectivity index (χ2n) is 8.63. The molecule has 2 amide bonds. The molecule has 0 spiro atoms. The number of piperidine rings is 1. The maximum Gasteiger partial charge on any atom is 0.410 e. The van der Waals surface area contributed by atoms with Crippen LogP contribution in [0.25, 0.3) is 10.2 Å². The van der Waals surface area contributed by atoms with Gasteiger partial charge in [-0.15, -0.1) is 11.3 Å². The molecule has 3 rings (SSSR count). The minimum atomic E-state index is -0.487. The van der Waals surface area contributed by atoms with Crippen molar-refractivity contribution in [2.24, 2.45) is 13.0 Å². The SMILES string of the molecule is Cc1nn(C)c2sc(C(=O)N3CCC(CN(C)C(=O)OC(C)(C)C)CC3)cc12. The van der Waals surface area contributed by atoms with Crippen molar-refractivity contribution in [2.45, 2.75) is 46.1 Å². The Balaban J connectivity index is 1.55. The van der Waals surface area contributed by atoms with Crippen LogP contribution < -0.4 is 0 Å². The van der Waals surface area contributed by atoms with Crippen molar-refractivity contribution in [3.63, 3.8) is 0 Å². The molecule has 0 aliphatic carbocycles. The van der Waals surface area contributed by atoms with E-state index in [0.717, 1.165) is 46.7 Å². The molecule has 0 bridgehead atoms. The Bertz CT molecular complexity index is 838. The molecule has 2 aromatic rings. The van der Waals surface area contributed by atoms with Crippen molar-refractivity contribution in [3.05, 3.63) is 16.6 Å². The van der Waals surface area contributed by atoms with Crippen LogP contribution in [0, 0.1) is 12.8 Å². The highest BCUT2D eigenvalue weighted by Crippen LogP contribution is 2.29. The maximum atomic E-state index is 12.9. The highest BCUT2D eigenvalue weighted by Gasteiger charge is 2.28. The molecule has 1 aliphatic rings. The molecule has 1 aliphatic heterocycles. The maximum absolute atomic E-state index is 12.9. The smallest absolute Gasteiger partial charge is 0.410 e. The molecule has 8 heteroatoms. The van der Waals surface area contributed by atoms with Crippen molar-refractivity contribution in [1.29, 1.82) is 0 Å². The van der Waals surface area contributed by atoms with Gasteiger partial charge in [-0.05, 0) is 52.5 Å².